The topological polar surface area (TPSA) is 83.1 Å². The third-order valence-electron chi connectivity index (χ3n) is 7.40. The van der Waals surface area contributed by atoms with Crippen molar-refractivity contribution in [2.75, 3.05) is 0 Å². The van der Waals surface area contributed by atoms with Crippen LogP contribution >= 0.6 is 11.6 Å². The number of amides is 1. The van der Waals surface area contributed by atoms with Crippen molar-refractivity contribution in [3.8, 4) is 17.0 Å². The molecule has 218 valence electrons. The van der Waals surface area contributed by atoms with E-state index in [9.17, 15) is 23.1 Å². The Morgan fingerprint density at radius 2 is 1.65 bits per heavy atom. The minimum Gasteiger partial charge on any atom is -0.508 e. The highest BCUT2D eigenvalue weighted by Gasteiger charge is 2.38. The zero-order chi connectivity index (χ0) is 30.5. The van der Waals surface area contributed by atoms with Crippen molar-refractivity contribution in [2.24, 2.45) is 5.10 Å². The van der Waals surface area contributed by atoms with Crippen molar-refractivity contribution < 1.29 is 23.1 Å². The average Bonchev–Trinajstić information content (AvgIpc) is 3.61. The summed E-state index contributed by atoms with van der Waals surface area (Å²) in [5.74, 6) is -0.519. The van der Waals surface area contributed by atoms with E-state index in [0.717, 1.165) is 16.6 Å². The van der Waals surface area contributed by atoms with E-state index in [-0.39, 0.29) is 35.1 Å². The number of carbonyl (C=O) groups excluding carboxylic acids is 1. The third kappa shape index (κ3) is 5.46. The molecule has 0 aliphatic carbocycles. The van der Waals surface area contributed by atoms with Crippen LogP contribution in [0.3, 0.4) is 0 Å². The highest BCUT2D eigenvalue weighted by molar-refractivity contribution is 6.30. The molecule has 6 rings (SSSR count). The average molecular weight is 604 g/mol. The van der Waals surface area contributed by atoms with Crippen LogP contribution in [0.1, 0.15) is 65.1 Å². The van der Waals surface area contributed by atoms with E-state index in [1.807, 2.05) is 26.0 Å². The molecule has 43 heavy (non-hydrogen) atoms. The number of benzene rings is 3. The standard InChI is InChI=1S/C32H25ClF3N5O2/c1-18(2)19-7-9-20(10-8-19)24-16-29(32(34,35)36)41-30(37-24)17-26(39-41)31(43)40-27(23-5-3-4-6-28(23)42)15-25(38-40)21-11-13-22(33)14-12-21/h3-14,16-18,27,42H,15H2,1-2H3/t27-/m0/s1. The molecule has 1 atom stereocenters. The number of para-hydroxylation sites is 1. The molecule has 0 radical (unpaired) electrons. The fourth-order valence-electron chi connectivity index (χ4n) is 5.11. The molecule has 0 spiro atoms. The summed E-state index contributed by atoms with van der Waals surface area (Å²) in [7, 11) is 0. The van der Waals surface area contributed by atoms with Crippen LogP contribution in [0.5, 0.6) is 5.75 Å². The van der Waals surface area contributed by atoms with E-state index in [1.54, 1.807) is 54.6 Å². The minimum absolute atomic E-state index is 0.0398. The minimum atomic E-state index is -4.77. The summed E-state index contributed by atoms with van der Waals surface area (Å²) >= 11 is 6.04. The summed E-state index contributed by atoms with van der Waals surface area (Å²) in [5, 5.41) is 20.9. The summed E-state index contributed by atoms with van der Waals surface area (Å²) in [5.41, 5.74) is 1.87. The van der Waals surface area contributed by atoms with Crippen molar-refractivity contribution in [1.82, 2.24) is 19.6 Å². The fourth-order valence-corrected chi connectivity index (χ4v) is 5.24. The number of nitrogens with zero attached hydrogens (tertiary/aromatic N) is 5. The molecule has 0 unspecified atom stereocenters. The SMILES string of the molecule is CC(C)c1ccc(-c2cc(C(F)(F)F)n3nc(C(=O)N4N=C(c5ccc(Cl)cc5)C[C@H]4c4ccccc4O)cc3n2)cc1. The molecule has 3 aromatic carbocycles. The number of phenols is 1. The number of phenolic OH excluding ortho intramolecular Hbond substituents is 1. The summed E-state index contributed by atoms with van der Waals surface area (Å²) in [4.78, 5) is 18.3. The molecule has 0 saturated heterocycles. The van der Waals surface area contributed by atoms with E-state index < -0.39 is 23.8 Å². The van der Waals surface area contributed by atoms with Gasteiger partial charge in [0.1, 0.15) is 5.75 Å². The lowest BCUT2D eigenvalue weighted by molar-refractivity contribution is -0.142. The van der Waals surface area contributed by atoms with Crippen LogP contribution in [-0.4, -0.2) is 36.3 Å². The van der Waals surface area contributed by atoms with Crippen molar-refractivity contribution >= 4 is 28.9 Å². The van der Waals surface area contributed by atoms with E-state index in [4.69, 9.17) is 11.6 Å². The first-order chi connectivity index (χ1) is 20.5. The molecular formula is C32H25ClF3N5O2. The second-order valence-corrected chi connectivity index (χ2v) is 11.0. The van der Waals surface area contributed by atoms with Gasteiger partial charge in [-0.15, -0.1) is 0 Å². The molecule has 0 fully saturated rings. The Labute approximate surface area is 249 Å². The highest BCUT2D eigenvalue weighted by Crippen LogP contribution is 2.38. The lowest BCUT2D eigenvalue weighted by atomic mass is 9.97. The maximum atomic E-state index is 14.2. The van der Waals surface area contributed by atoms with Crippen LogP contribution in [-0.2, 0) is 6.18 Å². The summed E-state index contributed by atoms with van der Waals surface area (Å²) < 4.78 is 43.4. The molecule has 1 amide bonds. The molecule has 1 N–H and O–H groups in total. The lowest BCUT2D eigenvalue weighted by Gasteiger charge is -2.21. The predicted octanol–water partition coefficient (Wildman–Crippen LogP) is 7.89. The van der Waals surface area contributed by atoms with Gasteiger partial charge >= 0.3 is 6.18 Å². The van der Waals surface area contributed by atoms with E-state index >= 15 is 0 Å². The maximum Gasteiger partial charge on any atom is 0.433 e. The molecule has 0 bridgehead atoms. The zero-order valence-electron chi connectivity index (χ0n) is 23.0. The van der Waals surface area contributed by atoms with Gasteiger partial charge in [0.05, 0.1) is 17.4 Å². The number of aromatic hydroxyl groups is 1. The maximum absolute atomic E-state index is 14.2. The molecule has 2 aromatic heterocycles. The number of fused-ring (bicyclic) bond motifs is 1. The normalized spacial score (nSPS) is 15.4. The van der Waals surface area contributed by atoms with Gasteiger partial charge in [-0.3, -0.25) is 4.79 Å². The zero-order valence-corrected chi connectivity index (χ0v) is 23.8. The van der Waals surface area contributed by atoms with Gasteiger partial charge in [-0.2, -0.15) is 23.4 Å². The number of carbonyl (C=O) groups is 1. The van der Waals surface area contributed by atoms with Crippen molar-refractivity contribution in [3.63, 3.8) is 0 Å². The van der Waals surface area contributed by atoms with Gasteiger partial charge in [0.15, 0.2) is 17.0 Å². The molecule has 11 heteroatoms. The first kappa shape index (κ1) is 28.4. The Kier molecular flexibility index (Phi) is 7.17. The van der Waals surface area contributed by atoms with Gasteiger partial charge in [0, 0.05) is 28.6 Å². The molecule has 1 aliphatic rings. The van der Waals surface area contributed by atoms with E-state index in [0.29, 0.717) is 31.9 Å². The quantitative estimate of drug-likeness (QED) is 0.221. The third-order valence-corrected chi connectivity index (χ3v) is 7.65. The lowest BCUT2D eigenvalue weighted by Crippen LogP contribution is -2.27. The van der Waals surface area contributed by atoms with Gasteiger partial charge in [0.25, 0.3) is 5.91 Å². The van der Waals surface area contributed by atoms with Crippen LogP contribution in [0, 0.1) is 0 Å². The smallest absolute Gasteiger partial charge is 0.433 e. The second-order valence-electron chi connectivity index (χ2n) is 10.6. The van der Waals surface area contributed by atoms with E-state index in [2.05, 4.69) is 15.2 Å². The number of rotatable bonds is 5. The van der Waals surface area contributed by atoms with Crippen LogP contribution < -0.4 is 0 Å². The number of hydrogen-bond donors (Lipinski definition) is 1. The van der Waals surface area contributed by atoms with E-state index in [1.165, 1.54) is 12.1 Å². The van der Waals surface area contributed by atoms with Gasteiger partial charge in [-0.05, 0) is 41.3 Å². The molecule has 5 aromatic rings. The highest BCUT2D eigenvalue weighted by atomic mass is 35.5. The van der Waals surface area contributed by atoms with Crippen molar-refractivity contribution in [1.29, 1.82) is 0 Å². The number of alkyl halides is 3. The summed E-state index contributed by atoms with van der Waals surface area (Å²) in [6.45, 7) is 4.05. The van der Waals surface area contributed by atoms with Gasteiger partial charge < -0.3 is 5.11 Å². The molecule has 0 saturated carbocycles. The fraction of sp³-hybridized carbons (Fsp3) is 0.188. The first-order valence-electron chi connectivity index (χ1n) is 13.5. The molecule has 3 heterocycles. The Morgan fingerprint density at radius 1 is 0.977 bits per heavy atom. The van der Waals surface area contributed by atoms with Crippen molar-refractivity contribution in [3.05, 3.63) is 118 Å². The van der Waals surface area contributed by atoms with Gasteiger partial charge in [-0.25, -0.2) is 14.5 Å². The second kappa shape index (κ2) is 10.9. The Balaban J connectivity index is 1.44. The van der Waals surface area contributed by atoms with Crippen LogP contribution in [0.4, 0.5) is 13.2 Å². The number of aromatic nitrogens is 3. The van der Waals surface area contributed by atoms with Crippen LogP contribution in [0.2, 0.25) is 5.02 Å². The Morgan fingerprint density at radius 3 is 2.30 bits per heavy atom. The predicted molar refractivity (Wildman–Crippen MR) is 157 cm³/mol. The van der Waals surface area contributed by atoms with Crippen molar-refractivity contribution in [2.45, 2.75) is 38.4 Å². The van der Waals surface area contributed by atoms with Crippen LogP contribution in [0.15, 0.2) is 90.0 Å². The molecule has 7 nitrogen and oxygen atoms in total. The molecule has 1 aliphatic heterocycles. The number of hydrazone groups is 1. The van der Waals surface area contributed by atoms with Gasteiger partial charge in [0.2, 0.25) is 0 Å². The number of halogens is 4. The first-order valence-corrected chi connectivity index (χ1v) is 13.9. The van der Waals surface area contributed by atoms with Gasteiger partial charge in [-0.1, -0.05) is 80.0 Å². The Hall–Kier alpha value is -4.70. The summed E-state index contributed by atoms with van der Waals surface area (Å²) in [6.07, 6.45) is -4.52. The monoisotopic (exact) mass is 603 g/mol. The Bertz CT molecular complexity index is 1870. The van der Waals surface area contributed by atoms with Crippen LogP contribution in [0.25, 0.3) is 16.9 Å². The largest absolute Gasteiger partial charge is 0.508 e. The molecular weight excluding hydrogens is 579 g/mol. The number of hydrogen-bond acceptors (Lipinski definition) is 5. The summed E-state index contributed by atoms with van der Waals surface area (Å²) in [6, 6.07) is 22.0.